The van der Waals surface area contributed by atoms with E-state index < -0.39 is 0 Å². The van der Waals surface area contributed by atoms with Gasteiger partial charge in [-0.05, 0) is 51.1 Å². The van der Waals surface area contributed by atoms with Gasteiger partial charge in [-0.25, -0.2) is 4.68 Å². The van der Waals surface area contributed by atoms with Crippen molar-refractivity contribution in [2.24, 2.45) is 5.16 Å². The number of nitrogens with one attached hydrogen (secondary N) is 1. The van der Waals surface area contributed by atoms with Gasteiger partial charge in [-0.2, -0.15) is 5.10 Å². The van der Waals surface area contributed by atoms with Gasteiger partial charge in [0.1, 0.15) is 0 Å². The van der Waals surface area contributed by atoms with Crippen LogP contribution in [-0.4, -0.2) is 34.8 Å². The molecule has 2 heterocycles. The average Bonchev–Trinajstić information content (AvgIpc) is 3.36. The Kier molecular flexibility index (Phi) is 5.88. The van der Waals surface area contributed by atoms with Crippen LogP contribution in [0, 0.1) is 13.8 Å². The Morgan fingerprint density at radius 1 is 1.16 bits per heavy atom. The molecule has 2 aromatic carbocycles. The standard InChI is InChI=1S/C23H24N4O4/c1-15(18-9-10-21-22(11-18)30-14-29-21)26-31-13-23(28)24-12-20-16(2)25-27(17(20)3)19-7-5-4-6-8-19/h4-11H,12-14H2,1-3H3,(H,24,28)/b26-15-. The van der Waals surface area contributed by atoms with Gasteiger partial charge in [-0.3, -0.25) is 4.79 Å². The molecule has 0 fully saturated rings. The Morgan fingerprint density at radius 2 is 1.94 bits per heavy atom. The number of oxime groups is 1. The molecule has 160 valence electrons. The van der Waals surface area contributed by atoms with Gasteiger partial charge in [-0.1, -0.05) is 23.4 Å². The van der Waals surface area contributed by atoms with Crippen LogP contribution in [0.1, 0.15) is 29.4 Å². The van der Waals surface area contributed by atoms with Crippen LogP contribution >= 0.6 is 0 Å². The van der Waals surface area contributed by atoms with Gasteiger partial charge in [0.15, 0.2) is 18.1 Å². The van der Waals surface area contributed by atoms with E-state index in [1.807, 2.05) is 67.1 Å². The summed E-state index contributed by atoms with van der Waals surface area (Å²) in [6.07, 6.45) is 0. The number of rotatable bonds is 7. The molecule has 1 aromatic heterocycles. The number of carbonyl (C=O) groups excluding carboxylic acids is 1. The van der Waals surface area contributed by atoms with Crippen molar-refractivity contribution < 1.29 is 19.1 Å². The van der Waals surface area contributed by atoms with Crippen LogP contribution in [0.2, 0.25) is 0 Å². The summed E-state index contributed by atoms with van der Waals surface area (Å²) in [5.74, 6) is 1.12. The van der Waals surface area contributed by atoms with E-state index in [1.165, 1.54) is 0 Å². The Morgan fingerprint density at radius 3 is 2.74 bits per heavy atom. The highest BCUT2D eigenvalue weighted by atomic mass is 16.7. The quantitative estimate of drug-likeness (QED) is 0.468. The maximum Gasteiger partial charge on any atom is 0.261 e. The Hall–Kier alpha value is -3.81. The molecule has 0 saturated heterocycles. The zero-order valence-corrected chi connectivity index (χ0v) is 17.7. The largest absolute Gasteiger partial charge is 0.454 e. The molecule has 0 saturated carbocycles. The van der Waals surface area contributed by atoms with Crippen LogP contribution in [0.15, 0.2) is 53.7 Å². The third-order valence-electron chi connectivity index (χ3n) is 5.09. The summed E-state index contributed by atoms with van der Waals surface area (Å²) >= 11 is 0. The average molecular weight is 420 g/mol. The molecule has 0 atom stereocenters. The normalized spacial score (nSPS) is 12.7. The summed E-state index contributed by atoms with van der Waals surface area (Å²) in [6.45, 7) is 6.15. The highest BCUT2D eigenvalue weighted by Crippen LogP contribution is 2.32. The molecule has 4 rings (SSSR count). The minimum atomic E-state index is -0.256. The summed E-state index contributed by atoms with van der Waals surface area (Å²) in [6, 6.07) is 15.4. The van der Waals surface area contributed by atoms with Crippen LogP contribution in [-0.2, 0) is 16.2 Å². The number of aromatic nitrogens is 2. The zero-order valence-electron chi connectivity index (χ0n) is 17.7. The number of nitrogens with zero attached hydrogens (tertiary/aromatic N) is 3. The number of amides is 1. The number of hydrogen-bond acceptors (Lipinski definition) is 6. The summed E-state index contributed by atoms with van der Waals surface area (Å²) in [7, 11) is 0. The number of benzene rings is 2. The van der Waals surface area contributed by atoms with Crippen molar-refractivity contribution in [2.45, 2.75) is 27.3 Å². The molecule has 3 aromatic rings. The van der Waals surface area contributed by atoms with Gasteiger partial charge in [0.25, 0.3) is 5.91 Å². The van der Waals surface area contributed by atoms with Crippen molar-refractivity contribution in [2.75, 3.05) is 13.4 Å². The summed E-state index contributed by atoms with van der Waals surface area (Å²) < 4.78 is 12.5. The van der Waals surface area contributed by atoms with E-state index in [9.17, 15) is 4.79 Å². The Bertz CT molecular complexity index is 1120. The van der Waals surface area contributed by atoms with Crippen molar-refractivity contribution in [3.05, 3.63) is 71.0 Å². The number of fused-ring (bicyclic) bond motifs is 1. The van der Waals surface area contributed by atoms with Crippen LogP contribution < -0.4 is 14.8 Å². The molecule has 8 heteroatoms. The first kappa shape index (κ1) is 20.5. The van der Waals surface area contributed by atoms with Gasteiger partial charge in [-0.15, -0.1) is 0 Å². The highest BCUT2D eigenvalue weighted by molar-refractivity contribution is 5.99. The van der Waals surface area contributed by atoms with E-state index in [0.717, 1.165) is 28.2 Å². The summed E-state index contributed by atoms with van der Waals surface area (Å²) in [4.78, 5) is 17.5. The Balaban J connectivity index is 1.32. The van der Waals surface area contributed by atoms with Crippen molar-refractivity contribution in [3.63, 3.8) is 0 Å². The lowest BCUT2D eigenvalue weighted by molar-refractivity contribution is -0.125. The van der Waals surface area contributed by atoms with Crippen LogP contribution in [0.25, 0.3) is 5.69 Å². The number of carbonyl (C=O) groups is 1. The molecule has 1 aliphatic heterocycles. The topological polar surface area (TPSA) is 87.0 Å². The molecule has 0 spiro atoms. The Labute approximate surface area is 180 Å². The van der Waals surface area contributed by atoms with E-state index in [1.54, 1.807) is 6.92 Å². The first-order chi connectivity index (χ1) is 15.0. The maximum absolute atomic E-state index is 12.2. The molecule has 1 aliphatic rings. The molecule has 0 bridgehead atoms. The van der Waals surface area contributed by atoms with Crippen LogP contribution in [0.3, 0.4) is 0 Å². The van der Waals surface area contributed by atoms with Gasteiger partial charge in [0.05, 0.1) is 17.1 Å². The molecular weight excluding hydrogens is 396 g/mol. The fourth-order valence-electron chi connectivity index (χ4n) is 3.35. The van der Waals surface area contributed by atoms with Crippen LogP contribution in [0.5, 0.6) is 11.5 Å². The smallest absolute Gasteiger partial charge is 0.261 e. The number of hydrogen-bond donors (Lipinski definition) is 1. The van der Waals surface area contributed by atoms with E-state index >= 15 is 0 Å². The molecule has 1 N–H and O–H groups in total. The van der Waals surface area contributed by atoms with Gasteiger partial charge in [0, 0.05) is 23.4 Å². The van der Waals surface area contributed by atoms with Gasteiger partial charge < -0.3 is 19.6 Å². The first-order valence-electron chi connectivity index (χ1n) is 9.96. The highest BCUT2D eigenvalue weighted by Gasteiger charge is 2.15. The molecule has 1 amide bonds. The summed E-state index contributed by atoms with van der Waals surface area (Å²) in [5.41, 5.74) is 5.31. The fraction of sp³-hybridized carbons (Fsp3) is 0.261. The molecule has 0 radical (unpaired) electrons. The second-order valence-corrected chi connectivity index (χ2v) is 7.19. The monoisotopic (exact) mass is 420 g/mol. The van der Waals surface area contributed by atoms with Crippen molar-refractivity contribution in [1.29, 1.82) is 0 Å². The van der Waals surface area contributed by atoms with Crippen molar-refractivity contribution in [1.82, 2.24) is 15.1 Å². The minimum absolute atomic E-state index is 0.174. The molecule has 8 nitrogen and oxygen atoms in total. The second-order valence-electron chi connectivity index (χ2n) is 7.19. The van der Waals surface area contributed by atoms with E-state index in [4.69, 9.17) is 14.3 Å². The zero-order chi connectivity index (χ0) is 21.8. The summed E-state index contributed by atoms with van der Waals surface area (Å²) in [5, 5.41) is 11.5. The molecule has 31 heavy (non-hydrogen) atoms. The first-order valence-corrected chi connectivity index (χ1v) is 9.96. The van der Waals surface area contributed by atoms with Crippen molar-refractivity contribution >= 4 is 11.6 Å². The predicted octanol–water partition coefficient (Wildman–Crippen LogP) is 3.27. The van der Waals surface area contributed by atoms with Gasteiger partial charge in [0.2, 0.25) is 6.79 Å². The third-order valence-corrected chi connectivity index (χ3v) is 5.09. The van der Waals surface area contributed by atoms with E-state index in [-0.39, 0.29) is 19.3 Å². The van der Waals surface area contributed by atoms with Gasteiger partial charge >= 0.3 is 0 Å². The van der Waals surface area contributed by atoms with Crippen LogP contribution in [0.4, 0.5) is 0 Å². The fourth-order valence-corrected chi connectivity index (χ4v) is 3.35. The third kappa shape index (κ3) is 4.53. The predicted molar refractivity (Wildman–Crippen MR) is 116 cm³/mol. The number of aryl methyl sites for hydroxylation is 1. The number of para-hydroxylation sites is 1. The lowest BCUT2D eigenvalue weighted by Gasteiger charge is -2.07. The second kappa shape index (κ2) is 8.91. The van der Waals surface area contributed by atoms with E-state index in [2.05, 4.69) is 15.6 Å². The molecule has 0 unspecified atom stereocenters. The lowest BCUT2D eigenvalue weighted by atomic mass is 10.1. The van der Waals surface area contributed by atoms with Crippen molar-refractivity contribution in [3.8, 4) is 17.2 Å². The minimum Gasteiger partial charge on any atom is -0.454 e. The lowest BCUT2D eigenvalue weighted by Crippen LogP contribution is -2.27. The number of ether oxygens (including phenoxy) is 2. The SMILES string of the molecule is C/C(=N/OCC(=O)NCc1c(C)nn(-c2ccccc2)c1C)c1ccc2c(c1)OCO2. The molecule has 0 aliphatic carbocycles. The maximum atomic E-state index is 12.2. The molecular formula is C23H24N4O4. The van der Waals surface area contributed by atoms with E-state index in [0.29, 0.717) is 23.8 Å².